The number of hydrogen-bond donors (Lipinski definition) is 1. The Morgan fingerprint density at radius 3 is 2.63 bits per heavy atom. The molecule has 1 heterocycles. The third-order valence-electron chi connectivity index (χ3n) is 2.53. The van der Waals surface area contributed by atoms with Gasteiger partial charge in [-0.3, -0.25) is 4.98 Å². The Balaban J connectivity index is 1.92. The van der Waals surface area contributed by atoms with Gasteiger partial charge in [-0.15, -0.1) is 0 Å². The molecule has 0 radical (unpaired) electrons. The highest BCUT2D eigenvalue weighted by Crippen LogP contribution is 2.31. The van der Waals surface area contributed by atoms with Crippen LogP contribution in [0.25, 0.3) is 0 Å². The molecule has 0 fully saturated rings. The maximum absolute atomic E-state index is 12.4. The van der Waals surface area contributed by atoms with E-state index >= 15 is 0 Å². The summed E-state index contributed by atoms with van der Waals surface area (Å²) in [5, 5.41) is 3.17. The van der Waals surface area contributed by atoms with E-state index in [0.717, 1.165) is 17.8 Å². The molecule has 0 saturated heterocycles. The molecular formula is C14H14F2N2S. The number of aromatic nitrogens is 1. The van der Waals surface area contributed by atoms with Crippen molar-refractivity contribution in [2.45, 2.75) is 17.1 Å². The van der Waals surface area contributed by atoms with Crippen molar-refractivity contribution < 1.29 is 8.78 Å². The van der Waals surface area contributed by atoms with Gasteiger partial charge >= 0.3 is 0 Å². The molecule has 1 aromatic heterocycles. The maximum atomic E-state index is 12.4. The predicted molar refractivity (Wildman–Crippen MR) is 74.7 cm³/mol. The quantitative estimate of drug-likeness (QED) is 0.808. The number of anilines is 1. The molecule has 0 aliphatic rings. The first-order valence-corrected chi connectivity index (χ1v) is 6.81. The molecule has 0 atom stereocenters. The van der Waals surface area contributed by atoms with Crippen molar-refractivity contribution >= 4 is 17.4 Å². The second-order valence-corrected chi connectivity index (χ2v) is 4.90. The number of hydrogen-bond acceptors (Lipinski definition) is 3. The van der Waals surface area contributed by atoms with Crippen molar-refractivity contribution in [3.8, 4) is 0 Å². The fraction of sp³-hybridized carbons (Fsp3) is 0.214. The van der Waals surface area contributed by atoms with Gasteiger partial charge in [0.25, 0.3) is 5.76 Å². The van der Waals surface area contributed by atoms with Crippen LogP contribution in [0.15, 0.2) is 53.6 Å². The normalized spacial score (nSPS) is 10.7. The molecule has 5 heteroatoms. The molecule has 0 spiro atoms. The molecule has 0 amide bonds. The number of halogens is 2. The summed E-state index contributed by atoms with van der Waals surface area (Å²) >= 11 is 0.560. The minimum atomic E-state index is -2.40. The van der Waals surface area contributed by atoms with Gasteiger partial charge in [-0.2, -0.15) is 8.78 Å². The maximum Gasteiger partial charge on any atom is 0.288 e. The summed E-state index contributed by atoms with van der Waals surface area (Å²) in [7, 11) is 0. The molecule has 0 unspecified atom stereocenters. The van der Waals surface area contributed by atoms with Crippen molar-refractivity contribution in [3.63, 3.8) is 0 Å². The molecule has 0 aliphatic heterocycles. The lowest BCUT2D eigenvalue weighted by atomic mass is 10.2. The van der Waals surface area contributed by atoms with E-state index in [2.05, 4.69) is 10.3 Å². The zero-order valence-corrected chi connectivity index (χ0v) is 11.0. The average Bonchev–Trinajstić information content (AvgIpc) is 2.41. The van der Waals surface area contributed by atoms with E-state index in [0.29, 0.717) is 23.2 Å². The molecule has 100 valence electrons. The lowest BCUT2D eigenvalue weighted by molar-refractivity contribution is 0.252. The Bertz CT molecular complexity index is 506. The first-order valence-electron chi connectivity index (χ1n) is 5.93. The van der Waals surface area contributed by atoms with Crippen LogP contribution in [0.4, 0.5) is 14.5 Å². The summed E-state index contributed by atoms with van der Waals surface area (Å²) in [6, 6.07) is 12.8. The first kappa shape index (κ1) is 13.8. The van der Waals surface area contributed by atoms with Gasteiger partial charge < -0.3 is 5.32 Å². The zero-order chi connectivity index (χ0) is 13.5. The summed E-state index contributed by atoms with van der Waals surface area (Å²) in [5.41, 5.74) is 1.72. The fourth-order valence-electron chi connectivity index (χ4n) is 1.68. The minimum absolute atomic E-state index is 0.560. The molecule has 0 saturated carbocycles. The summed E-state index contributed by atoms with van der Waals surface area (Å²) < 4.78 is 24.8. The third kappa shape index (κ3) is 4.52. The molecule has 0 aliphatic carbocycles. The van der Waals surface area contributed by atoms with E-state index in [1.807, 2.05) is 30.3 Å². The molecule has 2 nitrogen and oxygen atoms in total. The van der Waals surface area contributed by atoms with E-state index in [4.69, 9.17) is 0 Å². The molecule has 1 N–H and O–H groups in total. The molecule has 0 bridgehead atoms. The van der Waals surface area contributed by atoms with Gasteiger partial charge in [0.15, 0.2) is 0 Å². The number of para-hydroxylation sites is 1. The standard InChI is InChI=1S/C14H14F2N2S/c15-14(16)19-13-7-2-1-6-12(13)18-10-8-11-5-3-4-9-17-11/h1-7,9,14,18H,8,10H2. The summed E-state index contributed by atoms with van der Waals surface area (Å²) in [5.74, 6) is -2.40. The van der Waals surface area contributed by atoms with Gasteiger partial charge in [0.05, 0.1) is 0 Å². The number of pyridine rings is 1. The highest BCUT2D eigenvalue weighted by Gasteiger charge is 2.09. The van der Waals surface area contributed by atoms with Gasteiger partial charge in [-0.25, -0.2) is 0 Å². The van der Waals surface area contributed by atoms with Crippen LogP contribution < -0.4 is 5.32 Å². The van der Waals surface area contributed by atoms with Crippen LogP contribution in [0.3, 0.4) is 0 Å². The van der Waals surface area contributed by atoms with Crippen LogP contribution in [0, 0.1) is 0 Å². The van der Waals surface area contributed by atoms with Gasteiger partial charge in [0, 0.05) is 35.4 Å². The summed E-state index contributed by atoms with van der Waals surface area (Å²) in [4.78, 5) is 4.78. The second kappa shape index (κ2) is 7.09. The fourth-order valence-corrected chi connectivity index (χ4v) is 2.30. The molecular weight excluding hydrogens is 266 g/mol. The van der Waals surface area contributed by atoms with Crippen LogP contribution in [-0.4, -0.2) is 17.3 Å². The number of nitrogens with one attached hydrogen (secondary N) is 1. The van der Waals surface area contributed by atoms with Crippen LogP contribution in [0.1, 0.15) is 5.69 Å². The molecule has 2 rings (SSSR count). The number of rotatable bonds is 6. The Kier molecular flexibility index (Phi) is 5.15. The van der Waals surface area contributed by atoms with E-state index in [1.54, 1.807) is 18.3 Å². The highest BCUT2D eigenvalue weighted by molar-refractivity contribution is 7.99. The van der Waals surface area contributed by atoms with E-state index < -0.39 is 5.76 Å². The van der Waals surface area contributed by atoms with Gasteiger partial charge in [0.1, 0.15) is 0 Å². The SMILES string of the molecule is FC(F)Sc1ccccc1NCCc1ccccn1. The summed E-state index contributed by atoms with van der Waals surface area (Å²) in [6.45, 7) is 0.665. The number of thioether (sulfide) groups is 1. The Labute approximate surface area is 115 Å². The third-order valence-corrected chi connectivity index (χ3v) is 3.31. The lowest BCUT2D eigenvalue weighted by Crippen LogP contribution is -2.06. The monoisotopic (exact) mass is 280 g/mol. The molecule has 2 aromatic rings. The van der Waals surface area contributed by atoms with E-state index in [-0.39, 0.29) is 0 Å². The van der Waals surface area contributed by atoms with E-state index in [9.17, 15) is 8.78 Å². The minimum Gasteiger partial charge on any atom is -0.384 e. The van der Waals surface area contributed by atoms with Gasteiger partial charge in [0.2, 0.25) is 0 Å². The number of benzene rings is 1. The van der Waals surface area contributed by atoms with Gasteiger partial charge in [-0.05, 0) is 24.3 Å². The number of nitrogens with zero attached hydrogens (tertiary/aromatic N) is 1. The van der Waals surface area contributed by atoms with Crippen LogP contribution >= 0.6 is 11.8 Å². The van der Waals surface area contributed by atoms with Crippen LogP contribution in [0.2, 0.25) is 0 Å². The van der Waals surface area contributed by atoms with E-state index in [1.165, 1.54) is 0 Å². The largest absolute Gasteiger partial charge is 0.384 e. The number of alkyl halides is 2. The van der Waals surface area contributed by atoms with Crippen LogP contribution in [0.5, 0.6) is 0 Å². The van der Waals surface area contributed by atoms with Crippen LogP contribution in [-0.2, 0) is 6.42 Å². The summed E-state index contributed by atoms with van der Waals surface area (Å²) in [6.07, 6.45) is 2.50. The first-order chi connectivity index (χ1) is 9.25. The van der Waals surface area contributed by atoms with Gasteiger partial charge in [-0.1, -0.05) is 30.0 Å². The van der Waals surface area contributed by atoms with Crippen molar-refractivity contribution in [3.05, 3.63) is 54.4 Å². The predicted octanol–water partition coefficient (Wildman–Crippen LogP) is 4.05. The second-order valence-electron chi connectivity index (χ2n) is 3.87. The zero-order valence-electron chi connectivity index (χ0n) is 10.2. The Hall–Kier alpha value is -1.62. The molecule has 19 heavy (non-hydrogen) atoms. The average molecular weight is 280 g/mol. The van der Waals surface area contributed by atoms with Crippen molar-refractivity contribution in [2.75, 3.05) is 11.9 Å². The Morgan fingerprint density at radius 1 is 1.11 bits per heavy atom. The van der Waals surface area contributed by atoms with Crippen molar-refractivity contribution in [2.24, 2.45) is 0 Å². The Morgan fingerprint density at radius 2 is 1.89 bits per heavy atom. The molecule has 1 aromatic carbocycles. The van der Waals surface area contributed by atoms with Crippen molar-refractivity contribution in [1.29, 1.82) is 0 Å². The highest BCUT2D eigenvalue weighted by atomic mass is 32.2. The van der Waals surface area contributed by atoms with Crippen molar-refractivity contribution in [1.82, 2.24) is 4.98 Å². The topological polar surface area (TPSA) is 24.9 Å². The lowest BCUT2D eigenvalue weighted by Gasteiger charge is -2.11. The smallest absolute Gasteiger partial charge is 0.288 e.